The van der Waals surface area contributed by atoms with E-state index in [2.05, 4.69) is 27.0 Å². The fourth-order valence-corrected chi connectivity index (χ4v) is 3.52. The van der Waals surface area contributed by atoms with Crippen molar-refractivity contribution in [2.75, 3.05) is 38.2 Å². The highest BCUT2D eigenvalue weighted by molar-refractivity contribution is 5.77. The average molecular weight is 351 g/mol. The van der Waals surface area contributed by atoms with E-state index in [-0.39, 0.29) is 5.56 Å². The third kappa shape index (κ3) is 3.41. The van der Waals surface area contributed by atoms with Crippen LogP contribution >= 0.6 is 0 Å². The van der Waals surface area contributed by atoms with E-state index in [0.29, 0.717) is 5.39 Å². The van der Waals surface area contributed by atoms with Crippen LogP contribution in [0, 0.1) is 0 Å². The maximum atomic E-state index is 12.2. The highest BCUT2D eigenvalue weighted by Crippen LogP contribution is 2.20. The summed E-state index contributed by atoms with van der Waals surface area (Å²) in [6.45, 7) is 4.70. The Kier molecular flexibility index (Phi) is 4.58. The molecular weight excluding hydrogens is 328 g/mol. The third-order valence-corrected chi connectivity index (χ3v) is 4.97. The average Bonchev–Trinajstić information content (AvgIpc) is 2.69. The van der Waals surface area contributed by atoms with Crippen LogP contribution < -0.4 is 20.1 Å². The Balaban J connectivity index is 1.43. The standard InChI is InChI=1S/C20H22N4O2/c1-26-16-6-4-5-15(13-16)24-11-9-23(10-12-24)14-19-21-18-8-3-2-7-17(18)20(25)22-19/h2-8,13H,9-12,14H2,1H3,(H,21,22,25)/p+1. The predicted molar refractivity (Wildman–Crippen MR) is 102 cm³/mol. The molecule has 1 aliphatic heterocycles. The van der Waals surface area contributed by atoms with Crippen molar-refractivity contribution in [3.05, 3.63) is 64.7 Å². The summed E-state index contributed by atoms with van der Waals surface area (Å²) in [5.41, 5.74) is 1.90. The first kappa shape index (κ1) is 16.6. The van der Waals surface area contributed by atoms with Gasteiger partial charge >= 0.3 is 0 Å². The number of benzene rings is 2. The summed E-state index contributed by atoms with van der Waals surface area (Å²) in [5.74, 6) is 1.65. The van der Waals surface area contributed by atoms with E-state index >= 15 is 0 Å². The van der Waals surface area contributed by atoms with Gasteiger partial charge < -0.3 is 19.5 Å². The number of methoxy groups -OCH3 is 1. The fourth-order valence-electron chi connectivity index (χ4n) is 3.52. The van der Waals surface area contributed by atoms with Gasteiger partial charge in [-0.3, -0.25) is 4.79 Å². The lowest BCUT2D eigenvalue weighted by molar-refractivity contribution is -0.915. The smallest absolute Gasteiger partial charge is 0.258 e. The van der Waals surface area contributed by atoms with Gasteiger partial charge in [0.25, 0.3) is 5.56 Å². The van der Waals surface area contributed by atoms with Crippen LogP contribution in [-0.4, -0.2) is 43.3 Å². The fraction of sp³-hybridized carbons (Fsp3) is 0.300. The summed E-state index contributed by atoms with van der Waals surface area (Å²) in [5, 5.41) is 0.647. The number of quaternary nitrogens is 1. The maximum Gasteiger partial charge on any atom is 0.258 e. The Labute approximate surface area is 152 Å². The molecule has 0 atom stereocenters. The van der Waals surface area contributed by atoms with Crippen LogP contribution in [0.3, 0.4) is 0 Å². The minimum Gasteiger partial charge on any atom is -0.497 e. The number of hydrogen-bond acceptors (Lipinski definition) is 4. The zero-order valence-corrected chi connectivity index (χ0v) is 14.9. The van der Waals surface area contributed by atoms with Crippen LogP contribution in [0.4, 0.5) is 5.69 Å². The molecule has 0 radical (unpaired) electrons. The van der Waals surface area contributed by atoms with Gasteiger partial charge in [0.15, 0.2) is 5.82 Å². The van der Waals surface area contributed by atoms with E-state index in [4.69, 9.17) is 4.74 Å². The van der Waals surface area contributed by atoms with Gasteiger partial charge in [-0.2, -0.15) is 0 Å². The molecule has 3 aromatic rings. The molecule has 0 spiro atoms. The van der Waals surface area contributed by atoms with E-state index < -0.39 is 0 Å². The summed E-state index contributed by atoms with van der Waals surface area (Å²) in [7, 11) is 1.69. The van der Waals surface area contributed by atoms with Gasteiger partial charge in [0.05, 0.1) is 44.2 Å². The first-order valence-corrected chi connectivity index (χ1v) is 8.93. The normalized spacial score (nSPS) is 15.3. The Morgan fingerprint density at radius 3 is 2.77 bits per heavy atom. The number of anilines is 1. The Morgan fingerprint density at radius 2 is 1.96 bits per heavy atom. The van der Waals surface area contributed by atoms with Crippen LogP contribution in [0.2, 0.25) is 0 Å². The van der Waals surface area contributed by atoms with Crippen molar-refractivity contribution in [3.63, 3.8) is 0 Å². The molecule has 0 bridgehead atoms. The number of nitrogens with zero attached hydrogens (tertiary/aromatic N) is 2. The molecule has 134 valence electrons. The molecule has 6 heteroatoms. The van der Waals surface area contributed by atoms with Crippen molar-refractivity contribution in [3.8, 4) is 5.75 Å². The molecule has 0 aliphatic carbocycles. The van der Waals surface area contributed by atoms with E-state index in [0.717, 1.165) is 49.8 Å². The topological polar surface area (TPSA) is 62.7 Å². The van der Waals surface area contributed by atoms with Crippen molar-refractivity contribution in [1.29, 1.82) is 0 Å². The Morgan fingerprint density at radius 1 is 1.15 bits per heavy atom. The molecule has 0 unspecified atom stereocenters. The van der Waals surface area contributed by atoms with Gasteiger partial charge in [-0.25, -0.2) is 4.98 Å². The number of nitrogens with one attached hydrogen (secondary N) is 2. The second kappa shape index (κ2) is 7.17. The number of para-hydroxylation sites is 1. The molecule has 2 heterocycles. The zero-order valence-electron chi connectivity index (χ0n) is 14.9. The molecule has 0 saturated carbocycles. The maximum absolute atomic E-state index is 12.2. The second-order valence-corrected chi connectivity index (χ2v) is 6.65. The van der Waals surface area contributed by atoms with Gasteiger partial charge in [0, 0.05) is 11.8 Å². The van der Waals surface area contributed by atoms with Crippen molar-refractivity contribution in [1.82, 2.24) is 9.97 Å². The zero-order chi connectivity index (χ0) is 17.9. The monoisotopic (exact) mass is 351 g/mol. The minimum absolute atomic E-state index is 0.0555. The van der Waals surface area contributed by atoms with Crippen LogP contribution in [0.1, 0.15) is 5.82 Å². The van der Waals surface area contributed by atoms with E-state index in [1.54, 1.807) is 7.11 Å². The van der Waals surface area contributed by atoms with Gasteiger partial charge in [-0.1, -0.05) is 18.2 Å². The summed E-state index contributed by atoms with van der Waals surface area (Å²) in [6.07, 6.45) is 0. The van der Waals surface area contributed by atoms with Gasteiger partial charge in [0.1, 0.15) is 12.3 Å². The van der Waals surface area contributed by atoms with Crippen molar-refractivity contribution >= 4 is 16.6 Å². The van der Waals surface area contributed by atoms with Crippen LogP contribution in [0.5, 0.6) is 5.75 Å². The van der Waals surface area contributed by atoms with E-state index in [1.807, 2.05) is 36.4 Å². The largest absolute Gasteiger partial charge is 0.497 e. The van der Waals surface area contributed by atoms with E-state index in [1.165, 1.54) is 10.6 Å². The Hall–Kier alpha value is -2.86. The number of fused-ring (bicyclic) bond motifs is 1. The van der Waals surface area contributed by atoms with Gasteiger partial charge in [-0.15, -0.1) is 0 Å². The quantitative estimate of drug-likeness (QED) is 0.731. The number of aromatic nitrogens is 2. The summed E-state index contributed by atoms with van der Waals surface area (Å²) in [4.78, 5) is 23.6. The van der Waals surface area contributed by atoms with Gasteiger partial charge in [-0.05, 0) is 24.3 Å². The number of piperazine rings is 1. The molecule has 4 rings (SSSR count). The van der Waals surface area contributed by atoms with Crippen molar-refractivity contribution in [2.45, 2.75) is 6.54 Å². The molecule has 2 N–H and O–H groups in total. The van der Waals surface area contributed by atoms with Crippen LogP contribution in [-0.2, 0) is 6.54 Å². The molecule has 1 aromatic heterocycles. The molecule has 2 aromatic carbocycles. The lowest BCUT2D eigenvalue weighted by Crippen LogP contribution is -3.13. The number of ether oxygens (including phenoxy) is 1. The first-order chi connectivity index (χ1) is 12.7. The number of aromatic amines is 1. The molecule has 26 heavy (non-hydrogen) atoms. The molecule has 6 nitrogen and oxygen atoms in total. The first-order valence-electron chi connectivity index (χ1n) is 8.93. The number of hydrogen-bond donors (Lipinski definition) is 2. The third-order valence-electron chi connectivity index (χ3n) is 4.97. The SMILES string of the molecule is COc1cccc(N2CC[NH+](Cc3nc4ccccc4c(=O)[nH]3)CC2)c1. The van der Waals surface area contributed by atoms with Crippen LogP contribution in [0.25, 0.3) is 10.9 Å². The number of rotatable bonds is 4. The van der Waals surface area contributed by atoms with Gasteiger partial charge in [0.2, 0.25) is 0 Å². The van der Waals surface area contributed by atoms with Crippen molar-refractivity contribution < 1.29 is 9.64 Å². The summed E-state index contributed by atoms with van der Waals surface area (Å²) < 4.78 is 5.32. The molecular formula is C20H23N4O2+. The molecule has 0 amide bonds. The predicted octanol–water partition coefficient (Wildman–Crippen LogP) is 0.837. The molecule has 1 aliphatic rings. The highest BCUT2D eigenvalue weighted by atomic mass is 16.5. The summed E-state index contributed by atoms with van der Waals surface area (Å²) in [6, 6.07) is 15.7. The molecule has 1 saturated heterocycles. The lowest BCUT2D eigenvalue weighted by atomic mass is 10.2. The van der Waals surface area contributed by atoms with Crippen molar-refractivity contribution in [2.24, 2.45) is 0 Å². The van der Waals surface area contributed by atoms with E-state index in [9.17, 15) is 4.79 Å². The van der Waals surface area contributed by atoms with Crippen LogP contribution in [0.15, 0.2) is 53.3 Å². The summed E-state index contributed by atoms with van der Waals surface area (Å²) >= 11 is 0. The number of H-pyrrole nitrogens is 1. The lowest BCUT2D eigenvalue weighted by Gasteiger charge is -2.33. The minimum atomic E-state index is -0.0555. The Bertz CT molecular complexity index is 961. The highest BCUT2D eigenvalue weighted by Gasteiger charge is 2.21. The second-order valence-electron chi connectivity index (χ2n) is 6.65. The molecule has 1 fully saturated rings.